The minimum Gasteiger partial charge on any atom is -0.496 e. The number of aromatic nitrogens is 2. The average Bonchev–Trinajstić information content (AvgIpc) is 3.11. The SMILES string of the molecule is Nc1nc2nc(C3=NC=C4C(Br)=COCC5=C4N3CC5)ccc2o1. The fourth-order valence-corrected chi connectivity index (χ4v) is 3.65. The number of nitrogens with zero attached hydrogens (tertiary/aromatic N) is 4. The molecule has 0 saturated carbocycles. The number of nitrogens with two attached hydrogens (primary N) is 1. The van der Waals surface area contributed by atoms with Crippen molar-refractivity contribution in [3.63, 3.8) is 0 Å². The Morgan fingerprint density at radius 1 is 1.25 bits per heavy atom. The lowest BCUT2D eigenvalue weighted by atomic mass is 10.1. The van der Waals surface area contributed by atoms with Crippen LogP contribution in [0.2, 0.25) is 0 Å². The second-order valence-corrected chi connectivity index (χ2v) is 6.55. The minimum atomic E-state index is 0.114. The molecule has 5 rings (SSSR count). The van der Waals surface area contributed by atoms with Gasteiger partial charge >= 0.3 is 0 Å². The Bertz CT molecular complexity index is 1000. The summed E-state index contributed by atoms with van der Waals surface area (Å²) in [5.41, 5.74) is 10.9. The molecular weight excluding hydrogens is 374 g/mol. The highest BCUT2D eigenvalue weighted by molar-refractivity contribution is 9.12. The first-order chi connectivity index (χ1) is 11.7. The third-order valence-corrected chi connectivity index (χ3v) is 4.88. The third kappa shape index (κ3) is 1.92. The van der Waals surface area contributed by atoms with Crippen LogP contribution in [0.15, 0.2) is 55.3 Å². The molecule has 0 atom stereocenters. The third-order valence-electron chi connectivity index (χ3n) is 4.27. The molecule has 24 heavy (non-hydrogen) atoms. The van der Waals surface area contributed by atoms with E-state index >= 15 is 0 Å². The maximum atomic E-state index is 5.60. The maximum Gasteiger partial charge on any atom is 0.294 e. The van der Waals surface area contributed by atoms with Gasteiger partial charge in [-0.15, -0.1) is 0 Å². The highest BCUT2D eigenvalue weighted by atomic mass is 79.9. The first-order valence-corrected chi connectivity index (χ1v) is 8.29. The number of amidine groups is 1. The molecule has 0 amide bonds. The van der Waals surface area contributed by atoms with Crippen LogP contribution >= 0.6 is 15.9 Å². The summed E-state index contributed by atoms with van der Waals surface area (Å²) in [5.74, 6) is 0.800. The summed E-state index contributed by atoms with van der Waals surface area (Å²) in [7, 11) is 0. The van der Waals surface area contributed by atoms with Crippen LogP contribution in [0.5, 0.6) is 0 Å². The second kappa shape index (κ2) is 4.94. The first-order valence-electron chi connectivity index (χ1n) is 7.50. The molecule has 2 N–H and O–H groups in total. The van der Waals surface area contributed by atoms with Crippen LogP contribution in [0, 0.1) is 0 Å². The summed E-state index contributed by atoms with van der Waals surface area (Å²) in [6, 6.07) is 3.81. The Labute approximate surface area is 145 Å². The van der Waals surface area contributed by atoms with Crippen LogP contribution in [0.4, 0.5) is 6.01 Å². The highest BCUT2D eigenvalue weighted by Gasteiger charge is 2.34. The zero-order valence-electron chi connectivity index (χ0n) is 12.5. The fourth-order valence-electron chi connectivity index (χ4n) is 3.23. The van der Waals surface area contributed by atoms with Gasteiger partial charge in [-0.05, 0) is 40.1 Å². The Balaban J connectivity index is 1.66. The Kier molecular flexibility index (Phi) is 2.84. The summed E-state index contributed by atoms with van der Waals surface area (Å²) >= 11 is 3.56. The number of rotatable bonds is 1. The fraction of sp³-hybridized carbons (Fsp3) is 0.188. The van der Waals surface area contributed by atoms with Gasteiger partial charge in [0.1, 0.15) is 12.3 Å². The standard InChI is InChI=1S/C16H12BrN5O2/c17-10-7-23-6-8-3-4-22-13(8)9(10)5-19-15(22)11-1-2-12-14(20-11)21-16(18)24-12/h1-2,5,7H,3-4,6H2,(H2,18,20,21). The molecule has 0 unspecified atom stereocenters. The molecule has 0 radical (unpaired) electrons. The van der Waals surface area contributed by atoms with Crippen LogP contribution in [0.25, 0.3) is 11.2 Å². The van der Waals surface area contributed by atoms with Crippen LogP contribution < -0.4 is 5.73 Å². The van der Waals surface area contributed by atoms with Crippen molar-refractivity contribution in [2.24, 2.45) is 4.99 Å². The number of allylic oxidation sites excluding steroid dienone is 1. The van der Waals surface area contributed by atoms with Gasteiger partial charge in [0.15, 0.2) is 11.4 Å². The van der Waals surface area contributed by atoms with Crippen molar-refractivity contribution in [2.75, 3.05) is 18.9 Å². The number of hydrogen-bond donors (Lipinski definition) is 1. The van der Waals surface area contributed by atoms with Crippen molar-refractivity contribution < 1.29 is 9.15 Å². The molecule has 2 aromatic rings. The lowest BCUT2D eigenvalue weighted by Gasteiger charge is -2.27. The predicted octanol–water partition coefficient (Wildman–Crippen LogP) is 2.68. The summed E-state index contributed by atoms with van der Waals surface area (Å²) in [4.78, 5) is 15.5. The number of halogens is 1. The summed E-state index contributed by atoms with van der Waals surface area (Å²) < 4.78 is 11.8. The summed E-state index contributed by atoms with van der Waals surface area (Å²) in [6.45, 7) is 1.45. The number of hydrogen-bond acceptors (Lipinski definition) is 7. The van der Waals surface area contributed by atoms with E-state index in [1.807, 2.05) is 18.3 Å². The van der Waals surface area contributed by atoms with Crippen molar-refractivity contribution in [3.8, 4) is 0 Å². The van der Waals surface area contributed by atoms with Gasteiger partial charge in [0.05, 0.1) is 16.4 Å². The first kappa shape index (κ1) is 13.8. The van der Waals surface area contributed by atoms with Gasteiger partial charge in [-0.2, -0.15) is 4.98 Å². The molecule has 5 heterocycles. The Morgan fingerprint density at radius 3 is 3.08 bits per heavy atom. The van der Waals surface area contributed by atoms with Gasteiger partial charge in [-0.25, -0.2) is 9.98 Å². The van der Waals surface area contributed by atoms with Crippen LogP contribution in [-0.2, 0) is 4.74 Å². The Morgan fingerprint density at radius 2 is 2.17 bits per heavy atom. The van der Waals surface area contributed by atoms with Crippen molar-refractivity contribution in [2.45, 2.75) is 6.42 Å². The van der Waals surface area contributed by atoms with E-state index in [0.717, 1.165) is 40.2 Å². The largest absolute Gasteiger partial charge is 0.496 e. The summed E-state index contributed by atoms with van der Waals surface area (Å²) in [6.07, 6.45) is 4.52. The topological polar surface area (TPSA) is 89.8 Å². The van der Waals surface area contributed by atoms with E-state index in [0.29, 0.717) is 17.8 Å². The van der Waals surface area contributed by atoms with E-state index in [2.05, 4.69) is 35.8 Å². The molecule has 0 bridgehead atoms. The lowest BCUT2D eigenvalue weighted by molar-refractivity contribution is 0.279. The number of ether oxygens (including phenoxy) is 1. The number of nitrogen functional groups attached to an aromatic ring is 1. The van der Waals surface area contributed by atoms with E-state index in [9.17, 15) is 0 Å². The number of fused-ring (bicyclic) bond motifs is 1. The Hall–Kier alpha value is -2.61. The van der Waals surface area contributed by atoms with Gasteiger partial charge in [0.2, 0.25) is 5.65 Å². The van der Waals surface area contributed by atoms with Crippen molar-refractivity contribution in [3.05, 3.63) is 51.6 Å². The highest BCUT2D eigenvalue weighted by Crippen LogP contribution is 2.40. The van der Waals surface area contributed by atoms with Gasteiger partial charge in [-0.1, -0.05) is 0 Å². The van der Waals surface area contributed by atoms with Crippen LogP contribution in [0.3, 0.4) is 0 Å². The van der Waals surface area contributed by atoms with Gasteiger partial charge in [0.25, 0.3) is 6.01 Å². The number of pyridine rings is 1. The molecular formula is C16H12BrN5O2. The summed E-state index contributed by atoms with van der Waals surface area (Å²) in [5, 5.41) is 0. The zero-order chi connectivity index (χ0) is 16.3. The smallest absolute Gasteiger partial charge is 0.294 e. The molecule has 0 aromatic carbocycles. The zero-order valence-corrected chi connectivity index (χ0v) is 14.1. The molecule has 0 spiro atoms. The lowest BCUT2D eigenvalue weighted by Crippen LogP contribution is -2.32. The van der Waals surface area contributed by atoms with Crippen LogP contribution in [0.1, 0.15) is 12.1 Å². The van der Waals surface area contributed by atoms with E-state index < -0.39 is 0 Å². The normalized spacial score (nSPS) is 19.5. The van der Waals surface area contributed by atoms with Crippen molar-refractivity contribution >= 4 is 39.0 Å². The van der Waals surface area contributed by atoms with E-state index in [1.54, 1.807) is 6.26 Å². The molecule has 3 aliphatic heterocycles. The van der Waals surface area contributed by atoms with Crippen LogP contribution in [-0.4, -0.2) is 33.9 Å². The molecule has 0 fully saturated rings. The van der Waals surface area contributed by atoms with Gasteiger partial charge < -0.3 is 19.8 Å². The van der Waals surface area contributed by atoms with Crippen molar-refractivity contribution in [1.82, 2.24) is 14.9 Å². The van der Waals surface area contributed by atoms with E-state index in [1.165, 1.54) is 5.57 Å². The molecule has 0 saturated heterocycles. The molecule has 2 aromatic heterocycles. The number of anilines is 1. The monoisotopic (exact) mass is 385 g/mol. The molecule has 7 nitrogen and oxygen atoms in total. The molecule has 120 valence electrons. The van der Waals surface area contributed by atoms with E-state index in [-0.39, 0.29) is 6.01 Å². The molecule has 8 heteroatoms. The number of oxazole rings is 1. The quantitative estimate of drug-likeness (QED) is 0.811. The van der Waals surface area contributed by atoms with E-state index in [4.69, 9.17) is 14.9 Å². The predicted molar refractivity (Wildman–Crippen MR) is 92.1 cm³/mol. The second-order valence-electron chi connectivity index (χ2n) is 5.70. The maximum absolute atomic E-state index is 5.60. The molecule has 3 aliphatic rings. The average molecular weight is 386 g/mol. The molecule has 0 aliphatic carbocycles. The van der Waals surface area contributed by atoms with Crippen molar-refractivity contribution in [1.29, 1.82) is 0 Å². The number of aliphatic imine (C=N–C) groups is 1. The van der Waals surface area contributed by atoms with Gasteiger partial charge in [-0.3, -0.25) is 0 Å². The minimum absolute atomic E-state index is 0.114. The van der Waals surface area contributed by atoms with Gasteiger partial charge in [0, 0.05) is 18.3 Å².